The third-order valence-electron chi connectivity index (χ3n) is 4.36. The zero-order valence-corrected chi connectivity index (χ0v) is 14.1. The number of nitrogens with one attached hydrogen (secondary N) is 1. The summed E-state index contributed by atoms with van der Waals surface area (Å²) < 4.78 is 8.33. The van der Waals surface area contributed by atoms with Crippen LogP contribution in [0.5, 0.6) is 0 Å². The molecule has 4 rings (SSSR count). The van der Waals surface area contributed by atoms with Crippen molar-refractivity contribution in [3.05, 3.63) is 48.0 Å². The van der Waals surface area contributed by atoms with Gasteiger partial charge >= 0.3 is 0 Å². The van der Waals surface area contributed by atoms with Crippen molar-refractivity contribution in [2.45, 2.75) is 19.3 Å². The van der Waals surface area contributed by atoms with Crippen LogP contribution in [0.4, 0.5) is 11.4 Å². The van der Waals surface area contributed by atoms with Gasteiger partial charge in [0.25, 0.3) is 5.91 Å². The number of anilines is 2. The summed E-state index contributed by atoms with van der Waals surface area (Å²) in [7, 11) is 0. The van der Waals surface area contributed by atoms with E-state index in [2.05, 4.69) is 31.1 Å². The SMILES string of the molecule is O=C(Nc1ccc(N2CCCCC2)cc1)c1ccc2nsnc2c1. The summed E-state index contributed by atoms with van der Waals surface area (Å²) in [6.07, 6.45) is 3.84. The highest BCUT2D eigenvalue weighted by Gasteiger charge is 2.12. The van der Waals surface area contributed by atoms with E-state index in [4.69, 9.17) is 0 Å². The summed E-state index contributed by atoms with van der Waals surface area (Å²) in [4.78, 5) is 14.8. The lowest BCUT2D eigenvalue weighted by atomic mass is 10.1. The molecule has 6 heteroatoms. The number of hydrogen-bond acceptors (Lipinski definition) is 5. The van der Waals surface area contributed by atoms with Crippen LogP contribution in [0.25, 0.3) is 11.0 Å². The molecule has 0 spiro atoms. The lowest BCUT2D eigenvalue weighted by molar-refractivity contribution is 0.102. The summed E-state index contributed by atoms with van der Waals surface area (Å²) in [5, 5.41) is 2.94. The number of hydrogen-bond donors (Lipinski definition) is 1. The molecule has 1 N–H and O–H groups in total. The first kappa shape index (κ1) is 15.1. The van der Waals surface area contributed by atoms with Crippen LogP contribution >= 0.6 is 11.7 Å². The Hall–Kier alpha value is -2.47. The zero-order chi connectivity index (χ0) is 16.4. The Kier molecular flexibility index (Phi) is 4.13. The topological polar surface area (TPSA) is 58.1 Å². The first-order valence-electron chi connectivity index (χ1n) is 8.18. The van der Waals surface area contributed by atoms with Crippen LogP contribution in [0.2, 0.25) is 0 Å². The van der Waals surface area contributed by atoms with Gasteiger partial charge in [0.15, 0.2) is 0 Å². The molecule has 0 atom stereocenters. The molecular formula is C18H18N4OS. The van der Waals surface area contributed by atoms with Gasteiger partial charge in [-0.25, -0.2) is 0 Å². The second-order valence-electron chi connectivity index (χ2n) is 6.02. The molecule has 1 saturated heterocycles. The van der Waals surface area contributed by atoms with E-state index < -0.39 is 0 Å². The third kappa shape index (κ3) is 3.10. The number of carbonyl (C=O) groups excluding carboxylic acids is 1. The molecule has 1 amide bonds. The van der Waals surface area contributed by atoms with Gasteiger partial charge in [-0.15, -0.1) is 0 Å². The van der Waals surface area contributed by atoms with Crippen LogP contribution in [0.1, 0.15) is 29.6 Å². The Bertz CT molecular complexity index is 853. The lowest BCUT2D eigenvalue weighted by Gasteiger charge is -2.28. The van der Waals surface area contributed by atoms with E-state index in [0.717, 1.165) is 41.5 Å². The van der Waals surface area contributed by atoms with Gasteiger partial charge in [-0.2, -0.15) is 8.75 Å². The number of piperidine rings is 1. The van der Waals surface area contributed by atoms with Gasteiger partial charge in [-0.1, -0.05) is 0 Å². The standard InChI is InChI=1S/C18H18N4OS/c23-18(13-4-9-16-17(12-13)21-24-20-16)19-14-5-7-15(8-6-14)22-10-2-1-3-11-22/h4-9,12H,1-3,10-11H2,(H,19,23). The van der Waals surface area contributed by atoms with Gasteiger partial charge in [0, 0.05) is 30.0 Å². The normalized spacial score (nSPS) is 14.8. The zero-order valence-electron chi connectivity index (χ0n) is 13.2. The fourth-order valence-corrected chi connectivity index (χ4v) is 3.55. The third-order valence-corrected chi connectivity index (χ3v) is 4.92. The van der Waals surface area contributed by atoms with Gasteiger partial charge in [0.1, 0.15) is 11.0 Å². The van der Waals surface area contributed by atoms with Gasteiger partial charge < -0.3 is 10.2 Å². The Morgan fingerprint density at radius 1 is 0.958 bits per heavy atom. The van der Waals surface area contributed by atoms with Crippen LogP contribution in [-0.4, -0.2) is 27.7 Å². The van der Waals surface area contributed by atoms with E-state index in [1.807, 2.05) is 18.2 Å². The van der Waals surface area contributed by atoms with Crippen molar-refractivity contribution in [1.82, 2.24) is 8.75 Å². The molecule has 122 valence electrons. The number of rotatable bonds is 3. The minimum atomic E-state index is -0.129. The molecule has 24 heavy (non-hydrogen) atoms. The van der Waals surface area contributed by atoms with Crippen molar-refractivity contribution in [1.29, 1.82) is 0 Å². The molecule has 0 unspecified atom stereocenters. The molecule has 2 aromatic carbocycles. The Labute approximate surface area is 144 Å². The maximum atomic E-state index is 12.4. The summed E-state index contributed by atoms with van der Waals surface area (Å²) in [6, 6.07) is 13.5. The number of carbonyl (C=O) groups is 1. The second kappa shape index (κ2) is 6.57. The molecule has 1 aromatic heterocycles. The molecule has 0 radical (unpaired) electrons. The Balaban J connectivity index is 1.46. The predicted molar refractivity (Wildman–Crippen MR) is 97.9 cm³/mol. The second-order valence-corrected chi connectivity index (χ2v) is 6.54. The maximum Gasteiger partial charge on any atom is 0.255 e. The van der Waals surface area contributed by atoms with Crippen molar-refractivity contribution in [3.63, 3.8) is 0 Å². The molecule has 1 aliphatic heterocycles. The maximum absolute atomic E-state index is 12.4. The van der Waals surface area contributed by atoms with Crippen LogP contribution in [0.15, 0.2) is 42.5 Å². The van der Waals surface area contributed by atoms with Crippen molar-refractivity contribution < 1.29 is 4.79 Å². The van der Waals surface area contributed by atoms with E-state index in [1.54, 1.807) is 12.1 Å². The summed E-state index contributed by atoms with van der Waals surface area (Å²) in [5.74, 6) is -0.129. The van der Waals surface area contributed by atoms with Crippen LogP contribution in [-0.2, 0) is 0 Å². The van der Waals surface area contributed by atoms with E-state index >= 15 is 0 Å². The monoisotopic (exact) mass is 338 g/mol. The Morgan fingerprint density at radius 3 is 2.50 bits per heavy atom. The van der Waals surface area contributed by atoms with Crippen LogP contribution < -0.4 is 10.2 Å². The van der Waals surface area contributed by atoms with Crippen LogP contribution in [0, 0.1) is 0 Å². The lowest BCUT2D eigenvalue weighted by Crippen LogP contribution is -2.29. The molecule has 0 saturated carbocycles. The summed E-state index contributed by atoms with van der Waals surface area (Å²) in [6.45, 7) is 2.24. The van der Waals surface area contributed by atoms with Gasteiger partial charge in [-0.05, 0) is 61.7 Å². The molecular weight excluding hydrogens is 320 g/mol. The fraction of sp³-hybridized carbons (Fsp3) is 0.278. The largest absolute Gasteiger partial charge is 0.372 e. The van der Waals surface area contributed by atoms with Crippen molar-refractivity contribution in [3.8, 4) is 0 Å². The number of nitrogens with zero attached hydrogens (tertiary/aromatic N) is 3. The molecule has 2 heterocycles. The molecule has 1 aliphatic rings. The Morgan fingerprint density at radius 2 is 1.71 bits per heavy atom. The highest BCUT2D eigenvalue weighted by molar-refractivity contribution is 7.00. The first-order chi connectivity index (χ1) is 11.8. The molecule has 5 nitrogen and oxygen atoms in total. The minimum absolute atomic E-state index is 0.129. The quantitative estimate of drug-likeness (QED) is 0.786. The van der Waals surface area contributed by atoms with E-state index in [0.29, 0.717) is 5.56 Å². The highest BCUT2D eigenvalue weighted by atomic mass is 32.1. The van der Waals surface area contributed by atoms with Gasteiger partial charge in [-0.3, -0.25) is 4.79 Å². The van der Waals surface area contributed by atoms with E-state index in [9.17, 15) is 4.79 Å². The number of fused-ring (bicyclic) bond motifs is 1. The van der Waals surface area contributed by atoms with Crippen LogP contribution in [0.3, 0.4) is 0 Å². The van der Waals surface area contributed by atoms with Crippen molar-refractivity contribution in [2.24, 2.45) is 0 Å². The van der Waals surface area contributed by atoms with Gasteiger partial charge in [0.2, 0.25) is 0 Å². The minimum Gasteiger partial charge on any atom is -0.372 e. The van der Waals surface area contributed by atoms with E-state index in [1.165, 1.54) is 24.9 Å². The number of benzene rings is 2. The highest BCUT2D eigenvalue weighted by Crippen LogP contribution is 2.22. The average molecular weight is 338 g/mol. The summed E-state index contributed by atoms with van der Waals surface area (Å²) >= 11 is 1.16. The predicted octanol–water partition coefficient (Wildman–Crippen LogP) is 3.93. The fourth-order valence-electron chi connectivity index (χ4n) is 3.03. The van der Waals surface area contributed by atoms with Crippen molar-refractivity contribution in [2.75, 3.05) is 23.3 Å². The first-order valence-corrected chi connectivity index (χ1v) is 8.91. The number of aromatic nitrogens is 2. The molecule has 0 aliphatic carbocycles. The smallest absolute Gasteiger partial charge is 0.255 e. The van der Waals surface area contributed by atoms with Gasteiger partial charge in [0.05, 0.1) is 11.7 Å². The average Bonchev–Trinajstić information content (AvgIpc) is 3.11. The molecule has 1 fully saturated rings. The summed E-state index contributed by atoms with van der Waals surface area (Å²) in [5.41, 5.74) is 4.20. The van der Waals surface area contributed by atoms with E-state index in [-0.39, 0.29) is 5.91 Å². The molecule has 0 bridgehead atoms. The molecule has 3 aromatic rings. The number of amides is 1. The van der Waals surface area contributed by atoms with Crippen molar-refractivity contribution >= 4 is 40.0 Å².